The van der Waals surface area contributed by atoms with E-state index in [0.29, 0.717) is 11.5 Å². The minimum atomic E-state index is -4.11. The van der Waals surface area contributed by atoms with Gasteiger partial charge in [0.15, 0.2) is 23.9 Å². The highest BCUT2D eigenvalue weighted by molar-refractivity contribution is 7.89. The molecule has 0 radical (unpaired) electrons. The zero-order valence-electron chi connectivity index (χ0n) is 14.4. The van der Waals surface area contributed by atoms with Crippen molar-refractivity contribution in [3.05, 3.63) is 35.6 Å². The third-order valence-electron chi connectivity index (χ3n) is 3.56. The fourth-order valence-electron chi connectivity index (χ4n) is 2.31. The standard InChI is InChI=1S/C16H14N2O9S/c1-8(19)9-4-12-13(26-7-25-12)5-10(9)18-14(20)6-24-16(21)11-2-3-15(27-11)28(17,22)23/h2-5H,6-7H2,1H3,(H,18,20)(H2,17,22,23). The SMILES string of the molecule is CC(=O)c1cc2c(cc1NC(=O)COC(=O)c1ccc(S(N)(=O)=O)o1)OCO2. The number of amides is 1. The van der Waals surface area contributed by atoms with E-state index in [4.69, 9.17) is 23.8 Å². The van der Waals surface area contributed by atoms with Crippen LogP contribution in [0, 0.1) is 0 Å². The molecule has 0 unspecified atom stereocenters. The second-order valence-electron chi connectivity index (χ2n) is 5.60. The number of furan rings is 1. The highest BCUT2D eigenvalue weighted by Gasteiger charge is 2.22. The third kappa shape index (κ3) is 4.13. The smallest absolute Gasteiger partial charge is 0.374 e. The van der Waals surface area contributed by atoms with Crippen LogP contribution in [0.3, 0.4) is 0 Å². The van der Waals surface area contributed by atoms with Crippen LogP contribution < -0.4 is 19.9 Å². The molecule has 3 N–H and O–H groups in total. The first-order chi connectivity index (χ1) is 13.1. The van der Waals surface area contributed by atoms with E-state index in [9.17, 15) is 22.8 Å². The van der Waals surface area contributed by atoms with Gasteiger partial charge in [-0.3, -0.25) is 9.59 Å². The summed E-state index contributed by atoms with van der Waals surface area (Å²) in [5.41, 5.74) is 0.347. The van der Waals surface area contributed by atoms with E-state index in [1.807, 2.05) is 0 Å². The van der Waals surface area contributed by atoms with Crippen molar-refractivity contribution in [2.75, 3.05) is 18.7 Å². The fourth-order valence-corrected chi connectivity index (χ4v) is 2.77. The van der Waals surface area contributed by atoms with Crippen LogP contribution in [0.1, 0.15) is 27.8 Å². The number of carbonyl (C=O) groups is 3. The van der Waals surface area contributed by atoms with Crippen molar-refractivity contribution in [3.8, 4) is 11.5 Å². The number of sulfonamides is 1. The number of nitrogens with two attached hydrogens (primary N) is 1. The largest absolute Gasteiger partial charge is 0.454 e. The number of benzene rings is 1. The van der Waals surface area contributed by atoms with Gasteiger partial charge in [0, 0.05) is 11.6 Å². The molecule has 0 atom stereocenters. The molecule has 0 bridgehead atoms. The van der Waals surface area contributed by atoms with E-state index in [1.54, 1.807) is 0 Å². The molecule has 12 heteroatoms. The second kappa shape index (κ2) is 7.32. The van der Waals surface area contributed by atoms with Gasteiger partial charge >= 0.3 is 5.97 Å². The van der Waals surface area contributed by atoms with Crippen LogP contribution in [0.25, 0.3) is 0 Å². The zero-order valence-corrected chi connectivity index (χ0v) is 15.2. The minimum Gasteiger partial charge on any atom is -0.454 e. The topological polar surface area (TPSA) is 164 Å². The number of ether oxygens (including phenoxy) is 3. The number of hydrogen-bond acceptors (Lipinski definition) is 9. The Hall–Kier alpha value is -3.38. The lowest BCUT2D eigenvalue weighted by Crippen LogP contribution is -2.22. The predicted octanol–water partition coefficient (Wildman–Crippen LogP) is 0.654. The maximum atomic E-state index is 12.1. The van der Waals surface area contributed by atoms with Gasteiger partial charge in [-0.2, -0.15) is 0 Å². The van der Waals surface area contributed by atoms with Gasteiger partial charge in [0.2, 0.25) is 17.6 Å². The molecule has 11 nitrogen and oxygen atoms in total. The van der Waals surface area contributed by atoms with Gasteiger partial charge in [0.05, 0.1) is 5.69 Å². The second-order valence-corrected chi connectivity index (χ2v) is 7.09. The maximum absolute atomic E-state index is 12.1. The van der Waals surface area contributed by atoms with Crippen molar-refractivity contribution in [3.63, 3.8) is 0 Å². The Morgan fingerprint density at radius 1 is 1.18 bits per heavy atom. The summed E-state index contributed by atoms with van der Waals surface area (Å²) in [7, 11) is -4.11. The number of esters is 1. The fraction of sp³-hybridized carbons (Fsp3) is 0.188. The Bertz CT molecular complexity index is 1070. The molecule has 1 aromatic heterocycles. The average molecular weight is 410 g/mol. The summed E-state index contributed by atoms with van der Waals surface area (Å²) in [6, 6.07) is 4.89. The summed E-state index contributed by atoms with van der Waals surface area (Å²) in [6.07, 6.45) is 0. The van der Waals surface area contributed by atoms with E-state index < -0.39 is 39.4 Å². The van der Waals surface area contributed by atoms with Gasteiger partial charge in [-0.15, -0.1) is 0 Å². The molecule has 0 saturated heterocycles. The molecule has 3 rings (SSSR count). The van der Waals surface area contributed by atoms with Crippen LogP contribution in [0.2, 0.25) is 0 Å². The van der Waals surface area contributed by atoms with Crippen LogP contribution in [0.5, 0.6) is 11.5 Å². The summed E-state index contributed by atoms with van der Waals surface area (Å²) in [6.45, 7) is 0.592. The highest BCUT2D eigenvalue weighted by atomic mass is 32.2. The molecule has 148 valence electrons. The quantitative estimate of drug-likeness (QED) is 0.514. The molecule has 1 aliphatic heterocycles. The van der Waals surface area contributed by atoms with Crippen molar-refractivity contribution in [2.24, 2.45) is 5.14 Å². The van der Waals surface area contributed by atoms with Crippen molar-refractivity contribution in [2.45, 2.75) is 12.0 Å². The van der Waals surface area contributed by atoms with Crippen LogP contribution in [0.15, 0.2) is 33.8 Å². The summed E-state index contributed by atoms with van der Waals surface area (Å²) < 4.78 is 42.2. The minimum absolute atomic E-state index is 0.00859. The van der Waals surface area contributed by atoms with Crippen molar-refractivity contribution >= 4 is 33.4 Å². The summed E-state index contributed by atoms with van der Waals surface area (Å²) in [5.74, 6) is -1.85. The molecular formula is C16H14N2O9S. The first-order valence-corrected chi connectivity index (χ1v) is 9.24. The van der Waals surface area contributed by atoms with E-state index in [1.165, 1.54) is 19.1 Å². The Labute approximate surface area is 158 Å². The highest BCUT2D eigenvalue weighted by Crippen LogP contribution is 2.37. The van der Waals surface area contributed by atoms with Crippen LogP contribution >= 0.6 is 0 Å². The van der Waals surface area contributed by atoms with Gasteiger partial charge in [0.25, 0.3) is 15.9 Å². The van der Waals surface area contributed by atoms with E-state index >= 15 is 0 Å². The molecule has 1 aliphatic rings. The lowest BCUT2D eigenvalue weighted by molar-refractivity contribution is -0.119. The van der Waals surface area contributed by atoms with E-state index in [0.717, 1.165) is 12.1 Å². The molecule has 2 aromatic rings. The summed E-state index contributed by atoms with van der Waals surface area (Å²) in [4.78, 5) is 35.7. The maximum Gasteiger partial charge on any atom is 0.374 e. The van der Waals surface area contributed by atoms with Gasteiger partial charge < -0.3 is 23.9 Å². The first-order valence-electron chi connectivity index (χ1n) is 7.69. The van der Waals surface area contributed by atoms with E-state index in [2.05, 4.69) is 5.32 Å². The molecule has 0 aliphatic carbocycles. The average Bonchev–Trinajstić information content (AvgIpc) is 3.27. The van der Waals surface area contributed by atoms with Crippen molar-refractivity contribution in [1.29, 1.82) is 0 Å². The summed E-state index contributed by atoms with van der Waals surface area (Å²) >= 11 is 0. The number of fused-ring (bicyclic) bond motifs is 1. The molecule has 28 heavy (non-hydrogen) atoms. The van der Waals surface area contributed by atoms with Gasteiger partial charge in [-0.25, -0.2) is 18.4 Å². The van der Waals surface area contributed by atoms with Crippen molar-refractivity contribution < 1.29 is 41.4 Å². The lowest BCUT2D eigenvalue weighted by Gasteiger charge is -2.10. The first kappa shape index (κ1) is 19.4. The Balaban J connectivity index is 1.65. The number of ketones is 1. The van der Waals surface area contributed by atoms with Crippen LogP contribution in [-0.2, 0) is 19.6 Å². The Morgan fingerprint density at radius 2 is 1.86 bits per heavy atom. The van der Waals surface area contributed by atoms with Crippen molar-refractivity contribution in [1.82, 2.24) is 0 Å². The Kier molecular flexibility index (Phi) is 5.07. The van der Waals surface area contributed by atoms with Crippen LogP contribution in [0.4, 0.5) is 5.69 Å². The number of anilines is 1. The zero-order chi connectivity index (χ0) is 20.5. The molecule has 0 saturated carbocycles. The summed E-state index contributed by atoms with van der Waals surface area (Å²) in [5, 5.41) is 6.69. The van der Waals surface area contributed by atoms with Crippen LogP contribution in [-0.4, -0.2) is 39.5 Å². The molecule has 0 spiro atoms. The van der Waals surface area contributed by atoms with Gasteiger partial charge in [-0.1, -0.05) is 0 Å². The van der Waals surface area contributed by atoms with Gasteiger partial charge in [-0.05, 0) is 25.1 Å². The molecule has 1 amide bonds. The number of Topliss-reactive ketones (excluding diaryl/α,β-unsaturated/α-hetero) is 1. The Morgan fingerprint density at radius 3 is 2.46 bits per heavy atom. The number of hydrogen-bond donors (Lipinski definition) is 2. The normalized spacial score (nSPS) is 12.5. The van der Waals surface area contributed by atoms with Gasteiger partial charge in [0.1, 0.15) is 0 Å². The predicted molar refractivity (Wildman–Crippen MR) is 91.6 cm³/mol. The number of primary sulfonamides is 1. The number of rotatable bonds is 6. The molecular weight excluding hydrogens is 396 g/mol. The number of carbonyl (C=O) groups excluding carboxylic acids is 3. The molecule has 0 fully saturated rings. The lowest BCUT2D eigenvalue weighted by atomic mass is 10.1. The molecule has 1 aromatic carbocycles. The number of nitrogens with one attached hydrogen (secondary N) is 1. The third-order valence-corrected chi connectivity index (χ3v) is 4.34. The molecule has 2 heterocycles. The monoisotopic (exact) mass is 410 g/mol. The van der Waals surface area contributed by atoms with E-state index in [-0.39, 0.29) is 23.8 Å².